The summed E-state index contributed by atoms with van der Waals surface area (Å²) >= 11 is 0. The topological polar surface area (TPSA) is 29.5 Å². The lowest BCUT2D eigenvalue weighted by Crippen LogP contribution is -2.24. The van der Waals surface area contributed by atoms with Crippen LogP contribution in [0.3, 0.4) is 0 Å². The third kappa shape index (κ3) is 5.63. The number of furan rings is 2. The fourth-order valence-electron chi connectivity index (χ4n) is 13.8. The monoisotopic (exact) mass is 933 g/mol. The van der Waals surface area contributed by atoms with Gasteiger partial charge in [-0.1, -0.05) is 171 Å². The highest BCUT2D eigenvalue weighted by Crippen LogP contribution is 2.64. The lowest BCUT2D eigenvalue weighted by molar-refractivity contribution is 0.590. The van der Waals surface area contributed by atoms with Crippen molar-refractivity contribution in [3.63, 3.8) is 0 Å². The fraction of sp³-hybridized carbons (Fsp3) is 0.217. The lowest BCUT2D eigenvalue weighted by Gasteiger charge is -2.32. The Bertz CT molecular complexity index is 4180. The molecule has 0 atom stereocenters. The highest BCUT2D eigenvalue weighted by Gasteiger charge is 2.49. The predicted octanol–water partition coefficient (Wildman–Crippen LogP) is 19.5. The number of para-hydroxylation sites is 2. The largest absolute Gasteiger partial charge is 0.455 e. The van der Waals surface area contributed by atoms with Crippen LogP contribution in [0.25, 0.3) is 88.4 Å². The van der Waals surface area contributed by atoms with Crippen LogP contribution < -0.4 is 4.90 Å². The zero-order valence-electron chi connectivity index (χ0n) is 43.3. The number of hydrogen-bond acceptors (Lipinski definition) is 3. The molecule has 2 heterocycles. The van der Waals surface area contributed by atoms with E-state index in [4.69, 9.17) is 8.83 Å². The normalized spacial score (nSPS) is 15.5. The van der Waals surface area contributed by atoms with E-state index in [1.165, 1.54) is 105 Å². The number of benzene rings is 9. The second-order valence-corrected chi connectivity index (χ2v) is 23.8. The Labute approximate surface area is 422 Å². The fourth-order valence-corrected chi connectivity index (χ4v) is 13.8. The molecule has 0 fully saturated rings. The Kier molecular flexibility index (Phi) is 8.57. The summed E-state index contributed by atoms with van der Waals surface area (Å²) in [5.41, 5.74) is 28.4. The van der Waals surface area contributed by atoms with Crippen LogP contribution in [-0.4, -0.2) is 0 Å². The van der Waals surface area contributed by atoms with Crippen molar-refractivity contribution >= 4 is 60.9 Å². The van der Waals surface area contributed by atoms with E-state index in [0.717, 1.165) is 50.3 Å². The molecule has 0 bridgehead atoms. The summed E-state index contributed by atoms with van der Waals surface area (Å²) in [5.74, 6) is 0. The molecule has 0 N–H and O–H groups in total. The van der Waals surface area contributed by atoms with Gasteiger partial charge in [0.25, 0.3) is 0 Å². The molecule has 9 aromatic carbocycles. The summed E-state index contributed by atoms with van der Waals surface area (Å²) in [7, 11) is 0. The molecule has 0 spiro atoms. The smallest absolute Gasteiger partial charge is 0.144 e. The molecule has 11 aromatic rings. The minimum atomic E-state index is -0.327. The van der Waals surface area contributed by atoms with E-state index in [1.807, 2.05) is 0 Å². The minimum Gasteiger partial charge on any atom is -0.455 e. The number of rotatable bonds is 4. The Morgan fingerprint density at radius 3 is 1.57 bits per heavy atom. The standard InChI is InChI=1S/C69H59NO2/c1-38-24-31-44(39(2)34-38)50-37-54-57(59-48-19-13-16-22-55(48)71-64(50)59)46-32-29-42(35-52(46)67(54,6)7)70(41-27-25-40(26-28-41)66(3,4)5)43-30-33-47-53(36-43)69(10,11)62-58(47)60-49-20-14-17-23-56(49)72-65(60)61-45-18-12-15-21-51(45)68(8,9)63(61)62/h12-37H,1-11H3. The van der Waals surface area contributed by atoms with Crippen LogP contribution in [0.5, 0.6) is 0 Å². The first-order chi connectivity index (χ1) is 34.4. The maximum atomic E-state index is 7.01. The summed E-state index contributed by atoms with van der Waals surface area (Å²) in [4.78, 5) is 2.50. The highest BCUT2D eigenvalue weighted by atomic mass is 16.3. The molecule has 0 saturated heterocycles. The molecular weight excluding hydrogens is 875 g/mol. The minimum absolute atomic E-state index is 0.0188. The van der Waals surface area contributed by atoms with Crippen molar-refractivity contribution in [1.29, 1.82) is 0 Å². The number of nitrogens with zero attached hydrogens (tertiary/aromatic N) is 1. The van der Waals surface area contributed by atoms with Gasteiger partial charge in [0.1, 0.15) is 22.3 Å². The molecule has 2 aromatic heterocycles. The number of fused-ring (bicyclic) bond motifs is 19. The molecule has 0 saturated carbocycles. The SMILES string of the molecule is Cc1ccc(-c2cc3c(c4c2oc2ccccc24)-c2ccc(N(c4ccc(C(C)(C)C)cc4)c4ccc5c(c4)C(C)(C)c4c6c(c7oc8ccccc8c7c4-5)-c4ccccc4C6(C)C)cc2C3(C)C)c(C)c1. The molecule has 14 rings (SSSR count). The Morgan fingerprint density at radius 1 is 0.403 bits per heavy atom. The zero-order valence-corrected chi connectivity index (χ0v) is 43.3. The lowest BCUT2D eigenvalue weighted by atomic mass is 9.72. The van der Waals surface area contributed by atoms with Crippen molar-refractivity contribution in [3.05, 3.63) is 208 Å². The van der Waals surface area contributed by atoms with E-state index in [1.54, 1.807) is 0 Å². The molecule has 0 radical (unpaired) electrons. The van der Waals surface area contributed by atoms with Crippen LogP contribution >= 0.6 is 0 Å². The molecule has 0 unspecified atom stereocenters. The van der Waals surface area contributed by atoms with E-state index in [0.29, 0.717) is 0 Å². The van der Waals surface area contributed by atoms with Gasteiger partial charge in [-0.05, 0) is 152 Å². The van der Waals surface area contributed by atoms with E-state index < -0.39 is 0 Å². The van der Waals surface area contributed by atoms with Crippen molar-refractivity contribution in [3.8, 4) is 44.5 Å². The van der Waals surface area contributed by atoms with Crippen molar-refractivity contribution in [2.45, 2.75) is 97.8 Å². The third-order valence-corrected chi connectivity index (χ3v) is 17.3. The predicted molar refractivity (Wildman–Crippen MR) is 302 cm³/mol. The van der Waals surface area contributed by atoms with Crippen molar-refractivity contribution < 1.29 is 8.83 Å². The van der Waals surface area contributed by atoms with Gasteiger partial charge in [0.05, 0.1) is 0 Å². The van der Waals surface area contributed by atoms with E-state index in [-0.39, 0.29) is 21.7 Å². The third-order valence-electron chi connectivity index (χ3n) is 17.3. The Morgan fingerprint density at radius 2 is 0.917 bits per heavy atom. The molecular formula is C69H59NO2. The molecule has 352 valence electrons. The van der Waals surface area contributed by atoms with Gasteiger partial charge in [-0.15, -0.1) is 0 Å². The van der Waals surface area contributed by atoms with Gasteiger partial charge in [0.15, 0.2) is 0 Å². The summed E-state index contributed by atoms with van der Waals surface area (Å²) in [6.45, 7) is 25.9. The molecule has 3 aliphatic carbocycles. The number of hydrogen-bond donors (Lipinski definition) is 0. The zero-order chi connectivity index (χ0) is 49.5. The van der Waals surface area contributed by atoms with Crippen molar-refractivity contribution in [2.24, 2.45) is 0 Å². The van der Waals surface area contributed by atoms with E-state index in [2.05, 4.69) is 239 Å². The molecule has 72 heavy (non-hydrogen) atoms. The van der Waals surface area contributed by atoms with Crippen LogP contribution in [0, 0.1) is 13.8 Å². The molecule has 3 heteroatoms. The summed E-state index contributed by atoms with van der Waals surface area (Å²) < 4.78 is 13.9. The van der Waals surface area contributed by atoms with Gasteiger partial charge in [-0.2, -0.15) is 0 Å². The first-order valence-electron chi connectivity index (χ1n) is 25.8. The second-order valence-electron chi connectivity index (χ2n) is 23.8. The average molecular weight is 934 g/mol. The second kappa shape index (κ2) is 14.3. The maximum Gasteiger partial charge on any atom is 0.144 e. The number of anilines is 3. The number of aryl methyl sites for hydroxylation is 2. The van der Waals surface area contributed by atoms with Crippen molar-refractivity contribution in [2.75, 3.05) is 4.90 Å². The van der Waals surface area contributed by atoms with Crippen LogP contribution in [0.4, 0.5) is 17.1 Å². The van der Waals surface area contributed by atoms with Crippen molar-refractivity contribution in [1.82, 2.24) is 0 Å². The molecule has 3 nitrogen and oxygen atoms in total. The van der Waals surface area contributed by atoms with Crippen LogP contribution in [0.15, 0.2) is 167 Å². The van der Waals surface area contributed by atoms with Gasteiger partial charge >= 0.3 is 0 Å². The quantitative estimate of drug-likeness (QED) is 0.176. The van der Waals surface area contributed by atoms with Gasteiger partial charge in [0.2, 0.25) is 0 Å². The molecule has 0 amide bonds. The Hall–Kier alpha value is -7.62. The molecule has 3 aliphatic rings. The summed E-state index contributed by atoms with van der Waals surface area (Å²) in [6, 6.07) is 59.3. The first kappa shape index (κ1) is 43.2. The first-order valence-corrected chi connectivity index (χ1v) is 25.8. The Balaban J connectivity index is 0.991. The average Bonchev–Trinajstić information content (AvgIpc) is 4.11. The van der Waals surface area contributed by atoms with Gasteiger partial charge in [-0.25, -0.2) is 0 Å². The van der Waals surface area contributed by atoms with E-state index >= 15 is 0 Å². The summed E-state index contributed by atoms with van der Waals surface area (Å²) in [6.07, 6.45) is 0. The van der Waals surface area contributed by atoms with Gasteiger partial charge < -0.3 is 13.7 Å². The van der Waals surface area contributed by atoms with Gasteiger partial charge in [-0.3, -0.25) is 0 Å². The van der Waals surface area contributed by atoms with Crippen LogP contribution in [0.1, 0.15) is 112 Å². The highest BCUT2D eigenvalue weighted by molar-refractivity contribution is 6.21. The van der Waals surface area contributed by atoms with Gasteiger partial charge in [0, 0.05) is 66.0 Å². The van der Waals surface area contributed by atoms with Crippen LogP contribution in [0.2, 0.25) is 0 Å². The summed E-state index contributed by atoms with van der Waals surface area (Å²) in [5, 5.41) is 4.75. The maximum absolute atomic E-state index is 7.01. The van der Waals surface area contributed by atoms with E-state index in [9.17, 15) is 0 Å². The van der Waals surface area contributed by atoms with Crippen LogP contribution in [-0.2, 0) is 21.7 Å². The molecule has 0 aliphatic heterocycles.